The average molecular weight is 286 g/mol. The van der Waals surface area contributed by atoms with E-state index in [1.807, 2.05) is 24.3 Å². The number of nitrogens with two attached hydrogens (primary N) is 1. The van der Waals surface area contributed by atoms with Crippen LogP contribution in [0.15, 0.2) is 42.5 Å². The van der Waals surface area contributed by atoms with E-state index < -0.39 is 5.82 Å². The molecule has 21 heavy (non-hydrogen) atoms. The zero-order valence-corrected chi connectivity index (χ0v) is 12.0. The number of hydrogen-bond acceptors (Lipinski definition) is 2. The second-order valence-corrected chi connectivity index (χ2v) is 4.88. The van der Waals surface area contributed by atoms with E-state index in [0.717, 1.165) is 19.3 Å². The van der Waals surface area contributed by atoms with E-state index >= 15 is 0 Å². The van der Waals surface area contributed by atoms with Gasteiger partial charge in [0, 0.05) is 0 Å². The number of amidine groups is 1. The second kappa shape index (κ2) is 6.88. The first-order valence-electron chi connectivity index (χ1n) is 7.01. The highest BCUT2D eigenvalue weighted by Gasteiger charge is 2.13. The molecule has 0 spiro atoms. The van der Waals surface area contributed by atoms with Crippen molar-refractivity contribution in [1.82, 2.24) is 0 Å². The van der Waals surface area contributed by atoms with Crippen molar-refractivity contribution in [2.24, 2.45) is 5.73 Å². The molecule has 2 aromatic carbocycles. The summed E-state index contributed by atoms with van der Waals surface area (Å²) in [4.78, 5) is 0. The van der Waals surface area contributed by atoms with Crippen LogP contribution in [0.2, 0.25) is 0 Å². The van der Waals surface area contributed by atoms with Gasteiger partial charge in [0.1, 0.15) is 23.2 Å². The standard InChI is InChI=1S/C17H19FN2O/c1-2-3-5-12-8-10-13(11-9-12)21-15-7-4-6-14(18)16(15)17(19)20/h4,6-11H,2-3,5H2,1H3,(H3,19,20). The summed E-state index contributed by atoms with van der Waals surface area (Å²) in [6.45, 7) is 2.16. The largest absolute Gasteiger partial charge is 0.456 e. The molecule has 2 rings (SSSR count). The fourth-order valence-electron chi connectivity index (χ4n) is 2.08. The summed E-state index contributed by atoms with van der Waals surface area (Å²) >= 11 is 0. The summed E-state index contributed by atoms with van der Waals surface area (Å²) < 4.78 is 19.4. The summed E-state index contributed by atoms with van der Waals surface area (Å²) in [6, 6.07) is 12.1. The lowest BCUT2D eigenvalue weighted by Crippen LogP contribution is -2.14. The van der Waals surface area contributed by atoms with Crippen molar-refractivity contribution in [3.05, 3.63) is 59.4 Å². The molecule has 0 heterocycles. The molecule has 4 heteroatoms. The Hall–Kier alpha value is -2.36. The molecule has 0 bridgehead atoms. The van der Waals surface area contributed by atoms with Crippen LogP contribution in [0.25, 0.3) is 0 Å². The SMILES string of the molecule is CCCCc1ccc(Oc2cccc(F)c2C(=N)N)cc1. The van der Waals surface area contributed by atoms with Gasteiger partial charge in [-0.1, -0.05) is 31.5 Å². The van der Waals surface area contributed by atoms with E-state index in [1.165, 1.54) is 17.7 Å². The Balaban J connectivity index is 2.19. The van der Waals surface area contributed by atoms with Gasteiger partial charge in [0.2, 0.25) is 0 Å². The fourth-order valence-corrected chi connectivity index (χ4v) is 2.08. The van der Waals surface area contributed by atoms with Crippen LogP contribution >= 0.6 is 0 Å². The maximum absolute atomic E-state index is 13.7. The second-order valence-electron chi connectivity index (χ2n) is 4.88. The first-order valence-corrected chi connectivity index (χ1v) is 7.01. The number of benzene rings is 2. The quantitative estimate of drug-likeness (QED) is 0.616. The molecule has 3 N–H and O–H groups in total. The molecule has 0 unspecified atom stereocenters. The molecule has 110 valence electrons. The van der Waals surface area contributed by atoms with E-state index in [1.54, 1.807) is 6.07 Å². The Kier molecular flexibility index (Phi) is 4.93. The lowest BCUT2D eigenvalue weighted by molar-refractivity contribution is 0.475. The van der Waals surface area contributed by atoms with Crippen LogP contribution in [0.1, 0.15) is 30.9 Å². The maximum atomic E-state index is 13.7. The molecule has 0 aromatic heterocycles. The van der Waals surface area contributed by atoms with Crippen molar-refractivity contribution >= 4 is 5.84 Å². The summed E-state index contributed by atoms with van der Waals surface area (Å²) in [5.74, 6) is -0.0469. The van der Waals surface area contributed by atoms with Gasteiger partial charge in [0.25, 0.3) is 0 Å². The van der Waals surface area contributed by atoms with Gasteiger partial charge in [0.05, 0.1) is 5.56 Å². The monoisotopic (exact) mass is 286 g/mol. The van der Waals surface area contributed by atoms with Crippen LogP contribution < -0.4 is 10.5 Å². The Labute approximate surface area is 124 Å². The number of hydrogen-bond donors (Lipinski definition) is 2. The number of unbranched alkanes of at least 4 members (excludes halogenated alkanes) is 1. The summed E-state index contributed by atoms with van der Waals surface area (Å²) in [5, 5.41) is 7.45. The molecule has 3 nitrogen and oxygen atoms in total. The molecule has 0 aliphatic carbocycles. The molecule has 0 radical (unpaired) electrons. The minimum atomic E-state index is -0.556. The molecule has 2 aromatic rings. The van der Waals surface area contributed by atoms with Crippen LogP contribution in [0, 0.1) is 11.2 Å². The van der Waals surface area contributed by atoms with Gasteiger partial charge in [-0.25, -0.2) is 4.39 Å². The topological polar surface area (TPSA) is 59.1 Å². The molecule has 0 amide bonds. The third kappa shape index (κ3) is 3.81. The van der Waals surface area contributed by atoms with Gasteiger partial charge in [-0.2, -0.15) is 0 Å². The van der Waals surface area contributed by atoms with Crippen molar-refractivity contribution in [3.63, 3.8) is 0 Å². The Morgan fingerprint density at radius 3 is 2.52 bits per heavy atom. The first-order chi connectivity index (χ1) is 10.1. The van der Waals surface area contributed by atoms with Gasteiger partial charge in [-0.05, 0) is 42.7 Å². The molecule has 0 aliphatic heterocycles. The van der Waals surface area contributed by atoms with Gasteiger partial charge in [-0.3, -0.25) is 5.41 Å². The molecular formula is C17H19FN2O. The lowest BCUT2D eigenvalue weighted by atomic mass is 10.1. The average Bonchev–Trinajstić information content (AvgIpc) is 2.46. The third-order valence-corrected chi connectivity index (χ3v) is 3.21. The zero-order chi connectivity index (χ0) is 15.2. The predicted molar refractivity (Wildman–Crippen MR) is 82.5 cm³/mol. The summed E-state index contributed by atoms with van der Waals surface area (Å²) in [7, 11) is 0. The van der Waals surface area contributed by atoms with E-state index in [-0.39, 0.29) is 17.1 Å². The zero-order valence-electron chi connectivity index (χ0n) is 12.0. The van der Waals surface area contributed by atoms with Crippen LogP contribution in [-0.4, -0.2) is 5.84 Å². The van der Waals surface area contributed by atoms with Crippen molar-refractivity contribution in [2.45, 2.75) is 26.2 Å². The Morgan fingerprint density at radius 1 is 1.19 bits per heavy atom. The van der Waals surface area contributed by atoms with E-state index in [9.17, 15) is 4.39 Å². The van der Waals surface area contributed by atoms with Crippen LogP contribution in [0.3, 0.4) is 0 Å². The summed E-state index contributed by atoms with van der Waals surface area (Å²) in [5.41, 5.74) is 6.65. The highest BCUT2D eigenvalue weighted by Crippen LogP contribution is 2.27. The van der Waals surface area contributed by atoms with Crippen LogP contribution in [0.4, 0.5) is 4.39 Å². The van der Waals surface area contributed by atoms with E-state index in [0.29, 0.717) is 5.75 Å². The molecule has 0 saturated carbocycles. The predicted octanol–water partition coefficient (Wildman–Crippen LogP) is 4.24. The maximum Gasteiger partial charge on any atom is 0.141 e. The van der Waals surface area contributed by atoms with Crippen molar-refractivity contribution in [3.8, 4) is 11.5 Å². The molecular weight excluding hydrogens is 267 g/mol. The van der Waals surface area contributed by atoms with Crippen molar-refractivity contribution in [2.75, 3.05) is 0 Å². The molecule has 0 aliphatic rings. The highest BCUT2D eigenvalue weighted by molar-refractivity contribution is 5.98. The van der Waals surface area contributed by atoms with Crippen LogP contribution in [-0.2, 0) is 6.42 Å². The summed E-state index contributed by atoms with van der Waals surface area (Å²) in [6.07, 6.45) is 3.34. The van der Waals surface area contributed by atoms with Crippen molar-refractivity contribution < 1.29 is 9.13 Å². The lowest BCUT2D eigenvalue weighted by Gasteiger charge is -2.11. The number of rotatable bonds is 6. The van der Waals surface area contributed by atoms with Gasteiger partial charge < -0.3 is 10.5 Å². The van der Waals surface area contributed by atoms with Gasteiger partial charge >= 0.3 is 0 Å². The molecule has 0 saturated heterocycles. The van der Waals surface area contributed by atoms with E-state index in [4.69, 9.17) is 15.9 Å². The minimum Gasteiger partial charge on any atom is -0.456 e. The number of ether oxygens (including phenoxy) is 1. The number of aryl methyl sites for hydroxylation is 1. The Bertz CT molecular complexity index is 623. The molecule has 0 fully saturated rings. The number of halogens is 1. The smallest absolute Gasteiger partial charge is 0.141 e. The Morgan fingerprint density at radius 2 is 1.90 bits per heavy atom. The normalized spacial score (nSPS) is 10.4. The highest BCUT2D eigenvalue weighted by atomic mass is 19.1. The first kappa shape index (κ1) is 15.0. The van der Waals surface area contributed by atoms with E-state index in [2.05, 4.69) is 6.92 Å². The van der Waals surface area contributed by atoms with Gasteiger partial charge in [-0.15, -0.1) is 0 Å². The molecule has 0 atom stereocenters. The van der Waals surface area contributed by atoms with Crippen LogP contribution in [0.5, 0.6) is 11.5 Å². The fraction of sp³-hybridized carbons (Fsp3) is 0.235. The van der Waals surface area contributed by atoms with Gasteiger partial charge in [0.15, 0.2) is 0 Å². The minimum absolute atomic E-state index is 0.00689. The number of nitrogens with one attached hydrogen (secondary N) is 1. The third-order valence-electron chi connectivity index (χ3n) is 3.21. The number of nitrogen functional groups attached to an aromatic ring is 1. The van der Waals surface area contributed by atoms with Crippen molar-refractivity contribution in [1.29, 1.82) is 5.41 Å².